The van der Waals surface area contributed by atoms with Gasteiger partial charge < -0.3 is 16.6 Å². The van der Waals surface area contributed by atoms with E-state index in [1.807, 2.05) is 13.8 Å². The lowest BCUT2D eigenvalue weighted by molar-refractivity contribution is -0.137. The monoisotopic (exact) mass is 359 g/mol. The Balaban J connectivity index is 4.63. The van der Waals surface area contributed by atoms with Gasteiger partial charge in [0.15, 0.2) is 5.78 Å². The van der Waals surface area contributed by atoms with E-state index in [4.69, 9.17) is 16.6 Å². The SMILES string of the molecule is CCC(C)C(=O)[C@H](CCC(=O)O)NN[C@@H](CCCNC(N)N)C(C)=O. The summed E-state index contributed by atoms with van der Waals surface area (Å²) in [7, 11) is 0. The molecule has 0 amide bonds. The lowest BCUT2D eigenvalue weighted by Crippen LogP contribution is -2.53. The number of hydrazine groups is 1. The Morgan fingerprint density at radius 2 is 1.68 bits per heavy atom. The number of carboxylic acids is 1. The summed E-state index contributed by atoms with van der Waals surface area (Å²) in [5, 5.41) is 11.7. The van der Waals surface area contributed by atoms with Crippen molar-refractivity contribution in [2.24, 2.45) is 17.4 Å². The molecule has 0 fully saturated rings. The second kappa shape index (κ2) is 12.9. The molecule has 0 radical (unpaired) electrons. The average molecular weight is 359 g/mol. The number of hydrogen-bond donors (Lipinski definition) is 6. The van der Waals surface area contributed by atoms with Gasteiger partial charge in [0.25, 0.3) is 0 Å². The summed E-state index contributed by atoms with van der Waals surface area (Å²) in [5.74, 6) is -1.28. The van der Waals surface area contributed by atoms with E-state index in [0.29, 0.717) is 25.8 Å². The van der Waals surface area contributed by atoms with Gasteiger partial charge >= 0.3 is 5.97 Å². The molecule has 0 aromatic rings. The zero-order valence-corrected chi connectivity index (χ0v) is 15.4. The van der Waals surface area contributed by atoms with Crippen molar-refractivity contribution in [3.63, 3.8) is 0 Å². The third-order valence-corrected chi connectivity index (χ3v) is 4.06. The molecule has 0 aliphatic carbocycles. The molecule has 9 heteroatoms. The van der Waals surface area contributed by atoms with Crippen LogP contribution in [0, 0.1) is 5.92 Å². The van der Waals surface area contributed by atoms with Gasteiger partial charge in [0.05, 0.1) is 12.1 Å². The van der Waals surface area contributed by atoms with E-state index in [1.165, 1.54) is 6.92 Å². The number of hydrogen-bond acceptors (Lipinski definition) is 8. The van der Waals surface area contributed by atoms with Gasteiger partial charge in [-0.05, 0) is 39.2 Å². The number of nitrogens with one attached hydrogen (secondary N) is 3. The highest BCUT2D eigenvalue weighted by molar-refractivity contribution is 5.86. The molecule has 0 aromatic carbocycles. The van der Waals surface area contributed by atoms with Crippen molar-refractivity contribution >= 4 is 17.5 Å². The van der Waals surface area contributed by atoms with Crippen LogP contribution in [-0.4, -0.2) is 47.6 Å². The lowest BCUT2D eigenvalue weighted by atomic mass is 9.95. The summed E-state index contributed by atoms with van der Waals surface area (Å²) in [4.78, 5) is 34.9. The largest absolute Gasteiger partial charge is 0.481 e. The van der Waals surface area contributed by atoms with Crippen molar-refractivity contribution < 1.29 is 19.5 Å². The van der Waals surface area contributed by atoms with Crippen LogP contribution in [-0.2, 0) is 14.4 Å². The van der Waals surface area contributed by atoms with Gasteiger partial charge in [0.1, 0.15) is 12.1 Å². The first-order chi connectivity index (χ1) is 11.7. The molecular formula is C16H33N5O4. The highest BCUT2D eigenvalue weighted by Gasteiger charge is 2.25. The molecule has 0 heterocycles. The first-order valence-corrected chi connectivity index (χ1v) is 8.70. The number of carbonyl (C=O) groups is 3. The Bertz CT molecular complexity index is 431. The topological polar surface area (TPSA) is 160 Å². The number of carbonyl (C=O) groups excluding carboxylic acids is 2. The highest BCUT2D eigenvalue weighted by atomic mass is 16.4. The van der Waals surface area contributed by atoms with Crippen molar-refractivity contribution in [2.75, 3.05) is 6.54 Å². The Morgan fingerprint density at radius 3 is 2.16 bits per heavy atom. The van der Waals surface area contributed by atoms with E-state index in [2.05, 4.69) is 16.2 Å². The number of ketones is 2. The zero-order valence-electron chi connectivity index (χ0n) is 15.4. The van der Waals surface area contributed by atoms with Gasteiger partial charge in [-0.25, -0.2) is 10.9 Å². The second-order valence-corrected chi connectivity index (χ2v) is 6.27. The normalized spacial score (nSPS) is 15.0. The third kappa shape index (κ3) is 11.0. The Labute approximate surface area is 149 Å². The maximum atomic E-state index is 12.4. The third-order valence-electron chi connectivity index (χ3n) is 4.06. The molecule has 0 aromatic heterocycles. The van der Waals surface area contributed by atoms with Crippen LogP contribution in [0.15, 0.2) is 0 Å². The van der Waals surface area contributed by atoms with Crippen molar-refractivity contribution in [1.29, 1.82) is 0 Å². The number of Topliss-reactive ketones (excluding diaryl/α,β-unsaturated/α-hetero) is 2. The van der Waals surface area contributed by atoms with E-state index in [1.54, 1.807) is 0 Å². The van der Waals surface area contributed by atoms with Crippen molar-refractivity contribution in [3.8, 4) is 0 Å². The summed E-state index contributed by atoms with van der Waals surface area (Å²) < 4.78 is 0. The minimum atomic E-state index is -0.962. The minimum absolute atomic E-state index is 0.0608. The van der Waals surface area contributed by atoms with Crippen molar-refractivity contribution in [1.82, 2.24) is 16.2 Å². The minimum Gasteiger partial charge on any atom is -0.481 e. The standard InChI is InChI=1S/C16H33N5O4/c1-4-10(2)15(25)13(7-8-14(23)24)21-20-12(11(3)22)6-5-9-19-16(17)18/h10,12-13,16,19-21H,4-9,17-18H2,1-3H3,(H,23,24)/t10?,12-,13-/m0/s1. The van der Waals surface area contributed by atoms with E-state index in [-0.39, 0.29) is 30.3 Å². The highest BCUT2D eigenvalue weighted by Crippen LogP contribution is 2.10. The molecule has 0 bridgehead atoms. The summed E-state index contributed by atoms with van der Waals surface area (Å²) >= 11 is 0. The van der Waals surface area contributed by atoms with Crippen LogP contribution in [0.4, 0.5) is 0 Å². The van der Waals surface area contributed by atoms with Crippen LogP contribution in [0.2, 0.25) is 0 Å². The molecule has 1 unspecified atom stereocenters. The second-order valence-electron chi connectivity index (χ2n) is 6.27. The summed E-state index contributed by atoms with van der Waals surface area (Å²) in [6, 6.07) is -1.13. The van der Waals surface area contributed by atoms with Crippen LogP contribution in [0.5, 0.6) is 0 Å². The molecule has 8 N–H and O–H groups in total. The maximum Gasteiger partial charge on any atom is 0.303 e. The van der Waals surface area contributed by atoms with Crippen LogP contribution >= 0.6 is 0 Å². The van der Waals surface area contributed by atoms with E-state index < -0.39 is 24.3 Å². The molecule has 0 rings (SSSR count). The molecule has 0 aliphatic heterocycles. The predicted octanol–water partition coefficient (Wildman–Crippen LogP) is -0.542. The maximum absolute atomic E-state index is 12.4. The molecule has 25 heavy (non-hydrogen) atoms. The number of nitrogens with two attached hydrogens (primary N) is 2. The smallest absolute Gasteiger partial charge is 0.303 e. The fraction of sp³-hybridized carbons (Fsp3) is 0.812. The van der Waals surface area contributed by atoms with Crippen LogP contribution < -0.4 is 27.6 Å². The number of aliphatic carboxylic acids is 1. The molecule has 146 valence electrons. The van der Waals surface area contributed by atoms with Crippen molar-refractivity contribution in [3.05, 3.63) is 0 Å². The Morgan fingerprint density at radius 1 is 1.08 bits per heavy atom. The molecule has 0 spiro atoms. The lowest BCUT2D eigenvalue weighted by Gasteiger charge is -2.24. The molecule has 9 nitrogen and oxygen atoms in total. The summed E-state index contributed by atoms with van der Waals surface area (Å²) in [5.41, 5.74) is 16.5. The van der Waals surface area contributed by atoms with Gasteiger partial charge in [-0.3, -0.25) is 19.7 Å². The molecule has 0 saturated heterocycles. The van der Waals surface area contributed by atoms with E-state index in [9.17, 15) is 14.4 Å². The van der Waals surface area contributed by atoms with Crippen LogP contribution in [0.3, 0.4) is 0 Å². The van der Waals surface area contributed by atoms with Gasteiger partial charge in [0, 0.05) is 12.3 Å². The molecule has 0 saturated carbocycles. The average Bonchev–Trinajstić information content (AvgIpc) is 2.54. The first kappa shape index (κ1) is 23.6. The Kier molecular flexibility index (Phi) is 12.2. The van der Waals surface area contributed by atoms with Gasteiger partial charge in [-0.2, -0.15) is 0 Å². The fourth-order valence-electron chi connectivity index (χ4n) is 2.25. The van der Waals surface area contributed by atoms with Gasteiger partial charge in [0.2, 0.25) is 0 Å². The van der Waals surface area contributed by atoms with Gasteiger partial charge in [-0.15, -0.1) is 0 Å². The van der Waals surface area contributed by atoms with E-state index in [0.717, 1.165) is 0 Å². The predicted molar refractivity (Wildman–Crippen MR) is 95.3 cm³/mol. The summed E-state index contributed by atoms with van der Waals surface area (Å²) in [6.45, 7) is 5.74. The van der Waals surface area contributed by atoms with Crippen molar-refractivity contribution in [2.45, 2.75) is 71.2 Å². The zero-order chi connectivity index (χ0) is 19.4. The fourth-order valence-corrected chi connectivity index (χ4v) is 2.25. The quantitative estimate of drug-likeness (QED) is 0.128. The molecular weight excluding hydrogens is 326 g/mol. The molecule has 3 atom stereocenters. The number of rotatable bonds is 15. The first-order valence-electron chi connectivity index (χ1n) is 8.70. The Hall–Kier alpha value is -1.39. The van der Waals surface area contributed by atoms with E-state index >= 15 is 0 Å². The van der Waals surface area contributed by atoms with Gasteiger partial charge in [-0.1, -0.05) is 13.8 Å². The summed E-state index contributed by atoms with van der Waals surface area (Å²) in [6.07, 6.45) is 1.32. The van der Waals surface area contributed by atoms with Crippen LogP contribution in [0.1, 0.15) is 52.9 Å². The molecule has 0 aliphatic rings. The van der Waals surface area contributed by atoms with Crippen LogP contribution in [0.25, 0.3) is 0 Å². The number of carboxylic acid groups (broad SMARTS) is 1.